The van der Waals surface area contributed by atoms with Gasteiger partial charge in [-0.15, -0.1) is 0 Å². The van der Waals surface area contributed by atoms with Gasteiger partial charge in [0, 0.05) is 0 Å². The summed E-state index contributed by atoms with van der Waals surface area (Å²) in [7, 11) is 1.49. The molecule has 0 amide bonds. The maximum Gasteiger partial charge on any atom is 0.235 e. The molecule has 0 saturated carbocycles. The van der Waals surface area contributed by atoms with E-state index in [0.717, 1.165) is 11.1 Å². The van der Waals surface area contributed by atoms with Crippen LogP contribution < -0.4 is 4.74 Å². The second-order valence-corrected chi connectivity index (χ2v) is 4.23. The highest BCUT2D eigenvalue weighted by atomic mass is 16.6. The predicted molar refractivity (Wildman–Crippen MR) is 77.6 cm³/mol. The molecule has 0 aliphatic carbocycles. The number of oxime groups is 1. The summed E-state index contributed by atoms with van der Waals surface area (Å²) in [6.07, 6.45) is 0.552. The zero-order valence-corrected chi connectivity index (χ0v) is 11.3. The van der Waals surface area contributed by atoms with E-state index in [1.807, 2.05) is 42.5 Å². The van der Waals surface area contributed by atoms with Gasteiger partial charge >= 0.3 is 0 Å². The van der Waals surface area contributed by atoms with E-state index in [1.165, 1.54) is 7.11 Å². The number of aliphatic hydroxyl groups is 1. The number of benzene rings is 2. The van der Waals surface area contributed by atoms with Gasteiger partial charge in [-0.1, -0.05) is 47.6 Å². The Morgan fingerprint density at radius 3 is 2.30 bits per heavy atom. The smallest absolute Gasteiger partial charge is 0.235 e. The van der Waals surface area contributed by atoms with Crippen molar-refractivity contribution in [2.24, 2.45) is 5.16 Å². The van der Waals surface area contributed by atoms with Crippen LogP contribution in [-0.4, -0.2) is 18.1 Å². The van der Waals surface area contributed by atoms with Crippen LogP contribution in [0, 0.1) is 0 Å². The first-order chi connectivity index (χ1) is 9.81. The maximum atomic E-state index is 9.00. The minimum absolute atomic E-state index is 0.0172. The van der Waals surface area contributed by atoms with Gasteiger partial charge in [-0.05, 0) is 23.3 Å². The van der Waals surface area contributed by atoms with E-state index in [4.69, 9.17) is 14.7 Å². The maximum absolute atomic E-state index is 9.00. The Bertz CT molecular complexity index is 550. The zero-order chi connectivity index (χ0) is 14.2. The third-order valence-corrected chi connectivity index (χ3v) is 2.73. The van der Waals surface area contributed by atoms with Crippen molar-refractivity contribution >= 4 is 5.90 Å². The van der Waals surface area contributed by atoms with E-state index in [2.05, 4.69) is 5.16 Å². The van der Waals surface area contributed by atoms with E-state index in [1.54, 1.807) is 12.1 Å². The molecule has 0 atom stereocenters. The minimum Gasteiger partial charge on any atom is -0.439 e. The second-order valence-electron chi connectivity index (χ2n) is 4.23. The number of hydrogen-bond donors (Lipinski definition) is 1. The molecule has 2 aromatic rings. The third-order valence-electron chi connectivity index (χ3n) is 2.73. The normalized spacial score (nSPS) is 11.2. The molecule has 0 aliphatic heterocycles. The Hall–Kier alpha value is -2.33. The van der Waals surface area contributed by atoms with Crippen LogP contribution in [0.1, 0.15) is 11.1 Å². The van der Waals surface area contributed by atoms with Crippen molar-refractivity contribution in [2.45, 2.75) is 13.0 Å². The van der Waals surface area contributed by atoms with Crippen LogP contribution >= 0.6 is 0 Å². The lowest BCUT2D eigenvalue weighted by atomic mass is 10.1. The highest BCUT2D eigenvalue weighted by Crippen LogP contribution is 2.14. The molecule has 2 aromatic carbocycles. The Labute approximate surface area is 118 Å². The number of ether oxygens (including phenoxy) is 1. The van der Waals surface area contributed by atoms with Gasteiger partial charge in [0.25, 0.3) is 0 Å². The van der Waals surface area contributed by atoms with Crippen LogP contribution in [0.5, 0.6) is 5.75 Å². The fraction of sp³-hybridized carbons (Fsp3) is 0.188. The van der Waals surface area contributed by atoms with Crippen LogP contribution in [-0.2, 0) is 17.9 Å². The monoisotopic (exact) mass is 271 g/mol. The van der Waals surface area contributed by atoms with Crippen LogP contribution in [0.2, 0.25) is 0 Å². The van der Waals surface area contributed by atoms with E-state index in [-0.39, 0.29) is 6.61 Å². The summed E-state index contributed by atoms with van der Waals surface area (Å²) in [4.78, 5) is 4.82. The van der Waals surface area contributed by atoms with Gasteiger partial charge in [-0.3, -0.25) is 0 Å². The lowest BCUT2D eigenvalue weighted by Gasteiger charge is -2.08. The first kappa shape index (κ1) is 14.1. The molecule has 0 fully saturated rings. The van der Waals surface area contributed by atoms with Crippen molar-refractivity contribution in [3.63, 3.8) is 0 Å². The molecular formula is C16H17NO3. The molecule has 0 aliphatic rings. The highest BCUT2D eigenvalue weighted by molar-refractivity contribution is 5.80. The fourth-order valence-electron chi connectivity index (χ4n) is 1.76. The van der Waals surface area contributed by atoms with Crippen molar-refractivity contribution in [3.8, 4) is 5.75 Å². The van der Waals surface area contributed by atoms with Crippen LogP contribution in [0.3, 0.4) is 0 Å². The molecule has 2 rings (SSSR count). The van der Waals surface area contributed by atoms with Gasteiger partial charge in [0.15, 0.2) is 0 Å². The van der Waals surface area contributed by atoms with Gasteiger partial charge in [-0.25, -0.2) is 0 Å². The second kappa shape index (κ2) is 7.31. The summed E-state index contributed by atoms with van der Waals surface area (Å²) >= 11 is 0. The molecule has 20 heavy (non-hydrogen) atoms. The lowest BCUT2D eigenvalue weighted by Crippen LogP contribution is -2.12. The number of rotatable bonds is 5. The lowest BCUT2D eigenvalue weighted by molar-refractivity contribution is 0.204. The Balaban J connectivity index is 2.07. The Kier molecular flexibility index (Phi) is 5.15. The molecule has 4 nitrogen and oxygen atoms in total. The SMILES string of the molecule is CON=C(Cc1ccccc1)Oc1ccc(CO)cc1. The third kappa shape index (κ3) is 4.10. The van der Waals surface area contributed by atoms with E-state index in [9.17, 15) is 0 Å². The number of hydrogen-bond acceptors (Lipinski definition) is 4. The first-order valence-corrected chi connectivity index (χ1v) is 6.33. The van der Waals surface area contributed by atoms with E-state index in [0.29, 0.717) is 18.1 Å². The van der Waals surface area contributed by atoms with Crippen LogP contribution in [0.4, 0.5) is 0 Å². The first-order valence-electron chi connectivity index (χ1n) is 6.33. The summed E-state index contributed by atoms with van der Waals surface area (Å²) in [6, 6.07) is 17.1. The average Bonchev–Trinajstić information content (AvgIpc) is 2.49. The Morgan fingerprint density at radius 1 is 1.00 bits per heavy atom. The summed E-state index contributed by atoms with van der Waals surface area (Å²) in [5.41, 5.74) is 1.93. The van der Waals surface area contributed by atoms with Crippen molar-refractivity contribution in [3.05, 3.63) is 65.7 Å². The molecule has 0 heterocycles. The van der Waals surface area contributed by atoms with Gasteiger partial charge in [-0.2, -0.15) is 0 Å². The molecule has 104 valence electrons. The molecule has 0 spiro atoms. The van der Waals surface area contributed by atoms with Gasteiger partial charge < -0.3 is 14.7 Å². The van der Waals surface area contributed by atoms with Crippen LogP contribution in [0.15, 0.2) is 59.8 Å². The standard InChI is InChI=1S/C16H17NO3/c1-19-17-16(11-13-5-3-2-4-6-13)20-15-9-7-14(12-18)8-10-15/h2-10,18H,11-12H2,1H3. The zero-order valence-electron chi connectivity index (χ0n) is 11.3. The quantitative estimate of drug-likeness (QED) is 0.517. The summed E-state index contributed by atoms with van der Waals surface area (Å²) < 4.78 is 5.70. The van der Waals surface area contributed by atoms with Gasteiger partial charge in [0.1, 0.15) is 12.9 Å². The molecule has 0 unspecified atom stereocenters. The largest absolute Gasteiger partial charge is 0.439 e. The van der Waals surface area contributed by atoms with Crippen molar-refractivity contribution < 1.29 is 14.7 Å². The topological polar surface area (TPSA) is 51.0 Å². The molecule has 0 saturated heterocycles. The van der Waals surface area contributed by atoms with Crippen molar-refractivity contribution in [1.82, 2.24) is 0 Å². The van der Waals surface area contributed by atoms with Gasteiger partial charge in [0.2, 0.25) is 5.90 Å². The summed E-state index contributed by atoms with van der Waals surface area (Å²) in [5.74, 6) is 1.14. The molecule has 1 N–H and O–H groups in total. The fourth-order valence-corrected chi connectivity index (χ4v) is 1.76. The van der Waals surface area contributed by atoms with Crippen molar-refractivity contribution in [2.75, 3.05) is 7.11 Å². The van der Waals surface area contributed by atoms with E-state index < -0.39 is 0 Å². The summed E-state index contributed by atoms with van der Waals surface area (Å²) in [5, 5.41) is 12.9. The molecular weight excluding hydrogens is 254 g/mol. The van der Waals surface area contributed by atoms with Crippen molar-refractivity contribution in [1.29, 1.82) is 0 Å². The van der Waals surface area contributed by atoms with Crippen LogP contribution in [0.25, 0.3) is 0 Å². The number of nitrogens with zero attached hydrogens (tertiary/aromatic N) is 1. The average molecular weight is 271 g/mol. The molecule has 0 radical (unpaired) electrons. The van der Waals surface area contributed by atoms with Gasteiger partial charge in [0.05, 0.1) is 13.0 Å². The minimum atomic E-state index is 0.0172. The van der Waals surface area contributed by atoms with E-state index >= 15 is 0 Å². The number of aliphatic hydroxyl groups excluding tert-OH is 1. The highest BCUT2D eigenvalue weighted by Gasteiger charge is 2.06. The molecule has 0 bridgehead atoms. The predicted octanol–water partition coefficient (Wildman–Crippen LogP) is 2.76. The summed E-state index contributed by atoms with van der Waals surface area (Å²) in [6.45, 7) is 0.0172. The molecule has 4 heteroatoms. The molecule has 0 aromatic heterocycles. The Morgan fingerprint density at radius 2 is 1.70 bits per heavy atom.